The summed E-state index contributed by atoms with van der Waals surface area (Å²) in [5.41, 5.74) is 7.93. The monoisotopic (exact) mass is 291 g/mol. The Labute approximate surface area is 124 Å². The van der Waals surface area contributed by atoms with Crippen LogP contribution in [0.2, 0.25) is 0 Å². The standard InChI is InChI=1S/C16H22FN3O/c17-15-13-6-7-19-9-11(13)4-5-14(15)20-16(21)10-2-1-3-12(18)8-10/h4-5,10,12,19H,1-3,6-9,18H2,(H,20,21). The van der Waals surface area contributed by atoms with Crippen molar-refractivity contribution in [2.45, 2.75) is 44.7 Å². The van der Waals surface area contributed by atoms with E-state index in [-0.39, 0.29) is 23.7 Å². The molecule has 0 aromatic heterocycles. The van der Waals surface area contributed by atoms with Gasteiger partial charge in [0.1, 0.15) is 5.82 Å². The summed E-state index contributed by atoms with van der Waals surface area (Å²) in [7, 11) is 0. The largest absolute Gasteiger partial charge is 0.328 e. The van der Waals surface area contributed by atoms with Crippen molar-refractivity contribution in [1.82, 2.24) is 5.32 Å². The molecule has 114 valence electrons. The maximum Gasteiger partial charge on any atom is 0.227 e. The molecule has 3 rings (SSSR count). The van der Waals surface area contributed by atoms with Gasteiger partial charge in [0.05, 0.1) is 5.69 Å². The lowest BCUT2D eigenvalue weighted by Gasteiger charge is -2.26. The normalized spacial score (nSPS) is 25.2. The van der Waals surface area contributed by atoms with Crippen molar-refractivity contribution in [2.75, 3.05) is 11.9 Å². The summed E-state index contributed by atoms with van der Waals surface area (Å²) in [6.45, 7) is 1.47. The Morgan fingerprint density at radius 3 is 3.05 bits per heavy atom. The predicted octanol–water partition coefficient (Wildman–Crippen LogP) is 1.93. The summed E-state index contributed by atoms with van der Waals surface area (Å²) in [6.07, 6.45) is 4.15. The van der Waals surface area contributed by atoms with Gasteiger partial charge in [-0.15, -0.1) is 0 Å². The van der Waals surface area contributed by atoms with E-state index in [0.717, 1.165) is 36.9 Å². The molecule has 2 aliphatic rings. The molecule has 1 amide bonds. The highest BCUT2D eigenvalue weighted by Gasteiger charge is 2.26. The highest BCUT2D eigenvalue weighted by atomic mass is 19.1. The van der Waals surface area contributed by atoms with Gasteiger partial charge in [0.15, 0.2) is 0 Å². The first kappa shape index (κ1) is 14.5. The summed E-state index contributed by atoms with van der Waals surface area (Å²) in [6, 6.07) is 3.66. The first-order chi connectivity index (χ1) is 10.1. The van der Waals surface area contributed by atoms with Crippen LogP contribution in [-0.4, -0.2) is 18.5 Å². The van der Waals surface area contributed by atoms with Crippen LogP contribution in [0.25, 0.3) is 0 Å². The van der Waals surface area contributed by atoms with E-state index in [1.165, 1.54) is 0 Å². The third-order valence-corrected chi connectivity index (χ3v) is 4.55. The number of halogens is 1. The molecule has 1 fully saturated rings. The van der Waals surface area contributed by atoms with Gasteiger partial charge in [-0.25, -0.2) is 4.39 Å². The van der Waals surface area contributed by atoms with E-state index in [0.29, 0.717) is 25.1 Å². The number of amides is 1. The molecule has 1 aliphatic carbocycles. The molecule has 0 saturated heterocycles. The molecule has 0 bridgehead atoms. The smallest absolute Gasteiger partial charge is 0.227 e. The minimum atomic E-state index is -0.276. The van der Waals surface area contributed by atoms with Crippen molar-refractivity contribution in [2.24, 2.45) is 11.7 Å². The van der Waals surface area contributed by atoms with Gasteiger partial charge in [-0.3, -0.25) is 4.79 Å². The van der Waals surface area contributed by atoms with Gasteiger partial charge in [0.2, 0.25) is 5.91 Å². The molecule has 1 aromatic rings. The summed E-state index contributed by atoms with van der Waals surface area (Å²) in [5.74, 6) is -0.466. The molecule has 1 aliphatic heterocycles. The average molecular weight is 291 g/mol. The summed E-state index contributed by atoms with van der Waals surface area (Å²) < 4.78 is 14.5. The maximum atomic E-state index is 14.5. The number of carbonyl (C=O) groups excluding carboxylic acids is 1. The third-order valence-electron chi connectivity index (χ3n) is 4.55. The minimum absolute atomic E-state index is 0.0916. The van der Waals surface area contributed by atoms with Crippen molar-refractivity contribution >= 4 is 11.6 Å². The van der Waals surface area contributed by atoms with Crippen molar-refractivity contribution in [3.8, 4) is 0 Å². The van der Waals surface area contributed by atoms with Crippen LogP contribution in [0.4, 0.5) is 10.1 Å². The Morgan fingerprint density at radius 2 is 2.24 bits per heavy atom. The Hall–Kier alpha value is -1.46. The van der Waals surface area contributed by atoms with Crippen LogP contribution in [0.5, 0.6) is 0 Å². The molecule has 4 nitrogen and oxygen atoms in total. The van der Waals surface area contributed by atoms with E-state index in [4.69, 9.17) is 5.73 Å². The van der Waals surface area contributed by atoms with E-state index in [1.807, 2.05) is 6.07 Å². The van der Waals surface area contributed by atoms with E-state index >= 15 is 0 Å². The maximum absolute atomic E-state index is 14.5. The van der Waals surface area contributed by atoms with Crippen LogP contribution in [-0.2, 0) is 17.8 Å². The fourth-order valence-corrected chi connectivity index (χ4v) is 3.33. The molecule has 1 saturated carbocycles. The van der Waals surface area contributed by atoms with Crippen molar-refractivity contribution in [1.29, 1.82) is 0 Å². The zero-order valence-electron chi connectivity index (χ0n) is 12.1. The lowest BCUT2D eigenvalue weighted by Crippen LogP contribution is -2.34. The molecular weight excluding hydrogens is 269 g/mol. The number of nitrogens with one attached hydrogen (secondary N) is 2. The molecular formula is C16H22FN3O. The number of anilines is 1. The molecule has 1 aromatic carbocycles. The predicted molar refractivity (Wildman–Crippen MR) is 80.4 cm³/mol. The van der Waals surface area contributed by atoms with E-state index < -0.39 is 0 Å². The van der Waals surface area contributed by atoms with Crippen LogP contribution >= 0.6 is 0 Å². The number of hydrogen-bond acceptors (Lipinski definition) is 3. The van der Waals surface area contributed by atoms with Gasteiger partial charge >= 0.3 is 0 Å². The van der Waals surface area contributed by atoms with Crippen molar-refractivity contribution in [3.63, 3.8) is 0 Å². The highest BCUT2D eigenvalue weighted by molar-refractivity contribution is 5.93. The summed E-state index contributed by atoms with van der Waals surface area (Å²) >= 11 is 0. The van der Waals surface area contributed by atoms with Gasteiger partial charge < -0.3 is 16.4 Å². The summed E-state index contributed by atoms with van der Waals surface area (Å²) in [5, 5.41) is 5.98. The zero-order valence-corrected chi connectivity index (χ0v) is 12.1. The number of nitrogens with two attached hydrogens (primary N) is 1. The molecule has 2 unspecified atom stereocenters. The average Bonchev–Trinajstić information content (AvgIpc) is 2.50. The molecule has 0 spiro atoms. The van der Waals surface area contributed by atoms with Crippen LogP contribution in [0.15, 0.2) is 12.1 Å². The molecule has 2 atom stereocenters. The number of rotatable bonds is 2. The van der Waals surface area contributed by atoms with Gasteiger partial charge in [0, 0.05) is 18.5 Å². The second-order valence-electron chi connectivity index (χ2n) is 6.10. The van der Waals surface area contributed by atoms with E-state index in [9.17, 15) is 9.18 Å². The Bertz CT molecular complexity index is 547. The fourth-order valence-electron chi connectivity index (χ4n) is 3.33. The number of fused-ring (bicyclic) bond motifs is 1. The zero-order chi connectivity index (χ0) is 14.8. The third kappa shape index (κ3) is 3.09. The van der Waals surface area contributed by atoms with E-state index in [1.54, 1.807) is 6.07 Å². The SMILES string of the molecule is NC1CCCC(C(=O)Nc2ccc3c(c2F)CCNC3)C1. The Morgan fingerprint density at radius 1 is 1.38 bits per heavy atom. The fraction of sp³-hybridized carbons (Fsp3) is 0.562. The quantitative estimate of drug-likeness (QED) is 0.780. The number of benzene rings is 1. The lowest BCUT2D eigenvalue weighted by molar-refractivity contribution is -0.120. The first-order valence-electron chi connectivity index (χ1n) is 7.72. The van der Waals surface area contributed by atoms with Gasteiger partial charge in [0.25, 0.3) is 0 Å². The van der Waals surface area contributed by atoms with Crippen LogP contribution < -0.4 is 16.4 Å². The molecule has 0 radical (unpaired) electrons. The van der Waals surface area contributed by atoms with Gasteiger partial charge in [-0.05, 0) is 49.4 Å². The Kier molecular flexibility index (Phi) is 4.22. The topological polar surface area (TPSA) is 67.2 Å². The molecule has 5 heteroatoms. The number of hydrogen-bond donors (Lipinski definition) is 3. The summed E-state index contributed by atoms with van der Waals surface area (Å²) in [4.78, 5) is 12.3. The van der Waals surface area contributed by atoms with E-state index in [2.05, 4.69) is 10.6 Å². The first-order valence-corrected chi connectivity index (χ1v) is 7.72. The Balaban J connectivity index is 1.74. The second kappa shape index (κ2) is 6.12. The van der Waals surface area contributed by atoms with Crippen molar-refractivity contribution < 1.29 is 9.18 Å². The van der Waals surface area contributed by atoms with Crippen LogP contribution in [0.3, 0.4) is 0 Å². The molecule has 1 heterocycles. The molecule has 21 heavy (non-hydrogen) atoms. The minimum Gasteiger partial charge on any atom is -0.328 e. The van der Waals surface area contributed by atoms with Crippen LogP contribution in [0, 0.1) is 11.7 Å². The van der Waals surface area contributed by atoms with Crippen molar-refractivity contribution in [3.05, 3.63) is 29.1 Å². The molecule has 4 N–H and O–H groups in total. The van der Waals surface area contributed by atoms with Gasteiger partial charge in [-0.2, -0.15) is 0 Å². The van der Waals surface area contributed by atoms with Crippen LogP contribution in [0.1, 0.15) is 36.8 Å². The second-order valence-corrected chi connectivity index (χ2v) is 6.10. The number of carbonyl (C=O) groups is 1. The highest BCUT2D eigenvalue weighted by Crippen LogP contribution is 2.27. The lowest BCUT2D eigenvalue weighted by atomic mass is 9.85. The van der Waals surface area contributed by atoms with Gasteiger partial charge in [-0.1, -0.05) is 12.5 Å².